The van der Waals surface area contributed by atoms with Gasteiger partial charge < -0.3 is 54.7 Å². The van der Waals surface area contributed by atoms with Crippen molar-refractivity contribution in [3.8, 4) is 0 Å². The number of hydrogen-bond acceptors (Lipinski definition) is 12. The van der Waals surface area contributed by atoms with E-state index in [9.17, 15) is 40.5 Å². The second kappa shape index (κ2) is 15.2. The average molecular weight is 509 g/mol. The fourth-order valence-corrected chi connectivity index (χ4v) is 3.99. The maximum atomic E-state index is 12.0. The summed E-state index contributed by atoms with van der Waals surface area (Å²) in [6, 6.07) is 0. The van der Waals surface area contributed by atoms with Gasteiger partial charge in [-0.1, -0.05) is 31.8 Å². The zero-order valence-corrected chi connectivity index (χ0v) is 19.8. The summed E-state index contributed by atoms with van der Waals surface area (Å²) in [4.78, 5) is 12.0. The lowest BCUT2D eigenvalue weighted by Crippen LogP contribution is -2.63. The molecule has 0 spiro atoms. The molecule has 2 fully saturated rings. The van der Waals surface area contributed by atoms with E-state index in [1.807, 2.05) is 6.08 Å². The van der Waals surface area contributed by atoms with Gasteiger partial charge in [0.05, 0.1) is 6.61 Å². The molecule has 0 aliphatic carbocycles. The predicted octanol–water partition coefficient (Wildman–Crippen LogP) is -1.54. The number of ether oxygens (including phenoxy) is 4. The summed E-state index contributed by atoms with van der Waals surface area (Å²) in [5.41, 5.74) is 0. The third-order valence-corrected chi connectivity index (χ3v) is 6.23. The Morgan fingerprint density at radius 3 is 1.83 bits per heavy atom. The summed E-state index contributed by atoms with van der Waals surface area (Å²) in [5.74, 6) is -0.500. The van der Waals surface area contributed by atoms with Gasteiger partial charge in [0.15, 0.2) is 12.6 Å². The van der Waals surface area contributed by atoms with Crippen molar-refractivity contribution in [3.63, 3.8) is 0 Å². The summed E-state index contributed by atoms with van der Waals surface area (Å²) < 4.78 is 21.1. The fraction of sp³-hybridized carbons (Fsp3) is 0.870. The van der Waals surface area contributed by atoms with Crippen LogP contribution in [0.1, 0.15) is 51.4 Å². The van der Waals surface area contributed by atoms with Crippen molar-refractivity contribution in [3.05, 3.63) is 12.7 Å². The quantitative estimate of drug-likeness (QED) is 0.0813. The average Bonchev–Trinajstić information content (AvgIpc) is 2.85. The van der Waals surface area contributed by atoms with Crippen molar-refractivity contribution in [2.45, 2.75) is 113 Å². The van der Waals surface area contributed by atoms with Crippen molar-refractivity contribution < 1.29 is 59.5 Å². The van der Waals surface area contributed by atoms with Crippen molar-refractivity contribution in [2.24, 2.45) is 0 Å². The minimum atomic E-state index is -1.77. The first kappa shape index (κ1) is 30.0. The second-order valence-corrected chi connectivity index (χ2v) is 8.98. The highest BCUT2D eigenvalue weighted by molar-refractivity contribution is 5.69. The molecule has 12 heteroatoms. The van der Waals surface area contributed by atoms with Crippen LogP contribution in [0, 0.1) is 0 Å². The molecular formula is C23H40O12. The van der Waals surface area contributed by atoms with Crippen LogP contribution in [0.2, 0.25) is 0 Å². The topological polar surface area (TPSA) is 196 Å². The van der Waals surface area contributed by atoms with E-state index in [2.05, 4.69) is 6.58 Å². The highest BCUT2D eigenvalue weighted by atomic mass is 16.8. The first-order chi connectivity index (χ1) is 16.7. The van der Waals surface area contributed by atoms with E-state index in [0.29, 0.717) is 6.42 Å². The largest absolute Gasteiger partial charge is 0.463 e. The molecule has 0 aromatic rings. The minimum absolute atomic E-state index is 0.186. The van der Waals surface area contributed by atoms with E-state index in [1.165, 1.54) is 0 Å². The number of esters is 1. The Labute approximate surface area is 204 Å². The maximum Gasteiger partial charge on any atom is 0.305 e. The molecule has 0 aromatic carbocycles. The third kappa shape index (κ3) is 8.71. The normalized spacial score (nSPS) is 37.7. The standard InChI is InChI=1S/C23H40O12/c1-2-3-4-5-6-7-8-9-10-15(25)32-12-14-17(27)19(29)21(31)23(34-14)35-22-20(30)18(28)16(26)13(11-24)33-22/h2,13-14,16-24,26-31H,1,3-12H2. The molecule has 2 heterocycles. The van der Waals surface area contributed by atoms with Gasteiger partial charge in [0.25, 0.3) is 0 Å². The van der Waals surface area contributed by atoms with Crippen LogP contribution >= 0.6 is 0 Å². The van der Waals surface area contributed by atoms with Crippen LogP contribution in [0.5, 0.6) is 0 Å². The van der Waals surface area contributed by atoms with Gasteiger partial charge in [-0.2, -0.15) is 0 Å². The van der Waals surface area contributed by atoms with Crippen molar-refractivity contribution in [1.82, 2.24) is 0 Å². The maximum absolute atomic E-state index is 12.0. The first-order valence-corrected chi connectivity index (χ1v) is 12.1. The SMILES string of the molecule is C=CCCCCCCCCC(=O)OCC1OC(OC2OC(CO)C(O)C(O)C2O)C(O)C(O)C1O. The lowest BCUT2D eigenvalue weighted by atomic mass is 9.98. The highest BCUT2D eigenvalue weighted by Crippen LogP contribution is 2.28. The van der Waals surface area contributed by atoms with Crippen LogP contribution in [0.15, 0.2) is 12.7 Å². The molecular weight excluding hydrogens is 468 g/mol. The molecule has 2 aliphatic rings. The van der Waals surface area contributed by atoms with Gasteiger partial charge in [0.2, 0.25) is 0 Å². The number of hydrogen-bond donors (Lipinski definition) is 7. The highest BCUT2D eigenvalue weighted by Gasteiger charge is 2.49. The zero-order chi connectivity index (χ0) is 26.0. The third-order valence-electron chi connectivity index (χ3n) is 6.23. The lowest BCUT2D eigenvalue weighted by molar-refractivity contribution is -0.376. The summed E-state index contributed by atoms with van der Waals surface area (Å²) in [6.07, 6.45) is -7.02. The molecule has 2 rings (SSSR count). The van der Waals surface area contributed by atoms with E-state index in [0.717, 1.165) is 38.5 Å². The van der Waals surface area contributed by atoms with Gasteiger partial charge >= 0.3 is 5.97 Å². The second-order valence-electron chi connectivity index (χ2n) is 8.98. The van der Waals surface area contributed by atoms with E-state index in [1.54, 1.807) is 0 Å². The summed E-state index contributed by atoms with van der Waals surface area (Å²) in [7, 11) is 0. The van der Waals surface area contributed by atoms with Gasteiger partial charge in [-0.05, 0) is 19.3 Å². The molecule has 0 bridgehead atoms. The van der Waals surface area contributed by atoms with Gasteiger partial charge in [-0.15, -0.1) is 6.58 Å². The molecule has 35 heavy (non-hydrogen) atoms. The van der Waals surface area contributed by atoms with E-state index >= 15 is 0 Å². The Bertz CT molecular complexity index is 632. The zero-order valence-electron chi connectivity index (χ0n) is 19.8. The van der Waals surface area contributed by atoms with Gasteiger partial charge in [-0.25, -0.2) is 0 Å². The number of carbonyl (C=O) groups excluding carboxylic acids is 1. The molecule has 12 nitrogen and oxygen atoms in total. The molecule has 2 aliphatic heterocycles. The van der Waals surface area contributed by atoms with Crippen LogP contribution in [0.3, 0.4) is 0 Å². The van der Waals surface area contributed by atoms with Crippen LogP contribution < -0.4 is 0 Å². The predicted molar refractivity (Wildman–Crippen MR) is 120 cm³/mol. The van der Waals surface area contributed by atoms with Gasteiger partial charge in [0, 0.05) is 6.42 Å². The molecule has 0 aromatic heterocycles. The number of aliphatic hydroxyl groups excluding tert-OH is 7. The lowest BCUT2D eigenvalue weighted by Gasteiger charge is -2.44. The van der Waals surface area contributed by atoms with Crippen molar-refractivity contribution in [2.75, 3.05) is 13.2 Å². The van der Waals surface area contributed by atoms with Crippen LogP contribution in [0.25, 0.3) is 0 Å². The monoisotopic (exact) mass is 508 g/mol. The van der Waals surface area contributed by atoms with Crippen LogP contribution in [0.4, 0.5) is 0 Å². The van der Waals surface area contributed by atoms with Gasteiger partial charge in [-0.3, -0.25) is 4.79 Å². The Morgan fingerprint density at radius 2 is 1.26 bits per heavy atom. The van der Waals surface area contributed by atoms with Crippen LogP contribution in [-0.2, 0) is 23.7 Å². The number of allylic oxidation sites excluding steroid dienone is 1. The first-order valence-electron chi connectivity index (χ1n) is 12.1. The number of aliphatic hydroxyl groups is 7. The Hall–Kier alpha value is -1.19. The number of unbranched alkanes of at least 4 members (excludes halogenated alkanes) is 6. The van der Waals surface area contributed by atoms with E-state index in [4.69, 9.17) is 18.9 Å². The number of carbonyl (C=O) groups is 1. The van der Waals surface area contributed by atoms with Crippen LogP contribution in [-0.4, -0.2) is 116 Å². The molecule has 0 amide bonds. The van der Waals surface area contributed by atoms with Crippen molar-refractivity contribution in [1.29, 1.82) is 0 Å². The molecule has 0 saturated carbocycles. The number of rotatable bonds is 14. The molecule has 10 atom stereocenters. The molecule has 204 valence electrons. The Balaban J connectivity index is 1.80. The molecule has 7 N–H and O–H groups in total. The molecule has 0 radical (unpaired) electrons. The Kier molecular flexibility index (Phi) is 13.0. The molecule has 2 saturated heterocycles. The summed E-state index contributed by atoms with van der Waals surface area (Å²) in [5, 5.41) is 69.7. The molecule has 10 unspecified atom stereocenters. The fourth-order valence-electron chi connectivity index (χ4n) is 3.99. The van der Waals surface area contributed by atoms with E-state index < -0.39 is 80.6 Å². The smallest absolute Gasteiger partial charge is 0.305 e. The summed E-state index contributed by atoms with van der Waals surface area (Å²) >= 11 is 0. The van der Waals surface area contributed by atoms with Gasteiger partial charge in [0.1, 0.15) is 55.4 Å². The van der Waals surface area contributed by atoms with Crippen molar-refractivity contribution >= 4 is 5.97 Å². The van der Waals surface area contributed by atoms with E-state index in [-0.39, 0.29) is 6.42 Å². The summed E-state index contributed by atoms with van der Waals surface area (Å²) in [6.45, 7) is 2.58. The minimum Gasteiger partial charge on any atom is -0.463 e. The Morgan fingerprint density at radius 1 is 0.743 bits per heavy atom.